The molecule has 10 heteroatoms. The van der Waals surface area contributed by atoms with Crippen molar-refractivity contribution in [1.29, 1.82) is 0 Å². The molecule has 3 heterocycles. The first-order chi connectivity index (χ1) is 19.0. The predicted molar refractivity (Wildman–Crippen MR) is 152 cm³/mol. The van der Waals surface area contributed by atoms with E-state index in [9.17, 15) is 14.4 Å². The molecule has 2 aliphatic rings. The third-order valence-corrected chi connectivity index (χ3v) is 8.18. The van der Waals surface area contributed by atoms with Crippen LogP contribution in [0, 0.1) is 0 Å². The van der Waals surface area contributed by atoms with Crippen LogP contribution in [0.15, 0.2) is 54.6 Å². The molecule has 1 fully saturated rings. The van der Waals surface area contributed by atoms with Gasteiger partial charge in [0, 0.05) is 55.8 Å². The number of ether oxygens (including phenoxy) is 1. The van der Waals surface area contributed by atoms with Gasteiger partial charge in [-0.2, -0.15) is 0 Å². The first-order valence-electron chi connectivity index (χ1n) is 13.2. The Balaban J connectivity index is 0.998. The van der Waals surface area contributed by atoms with Crippen LogP contribution >= 0.6 is 11.3 Å². The number of thiazole rings is 1. The third kappa shape index (κ3) is 5.10. The Kier molecular flexibility index (Phi) is 6.99. The molecule has 0 atom stereocenters. The number of carbonyl (C=O) groups is 3. The molecule has 0 aliphatic carbocycles. The van der Waals surface area contributed by atoms with Crippen LogP contribution in [0.1, 0.15) is 27.6 Å². The Bertz CT molecular complexity index is 1530. The largest absolute Gasteiger partial charge is 0.494 e. The molecule has 2 aliphatic heterocycles. The van der Waals surface area contributed by atoms with E-state index in [0.717, 1.165) is 52.9 Å². The fourth-order valence-corrected chi connectivity index (χ4v) is 6.18. The number of carbonyl (C=O) groups excluding carboxylic acids is 3. The van der Waals surface area contributed by atoms with Crippen LogP contribution in [0.2, 0.25) is 0 Å². The topological polar surface area (TPSA) is 95.1 Å². The standard InChI is InChI=1S/C29H29N5O4S/c1-2-38-20-9-10-23-24(17-20)39-29(30-23)31-25(35)18-33-13-11-32(12-14-33)15-16-34-27(36)21-7-3-5-19-6-4-8-22(26(19)21)28(34)37/h3-10,17H,2,11-16,18H2,1H3,(H,30,31,35). The van der Waals surface area contributed by atoms with Gasteiger partial charge in [-0.15, -0.1) is 0 Å². The summed E-state index contributed by atoms with van der Waals surface area (Å²) >= 11 is 1.43. The summed E-state index contributed by atoms with van der Waals surface area (Å²) in [7, 11) is 0. The third-order valence-electron chi connectivity index (χ3n) is 7.25. The van der Waals surface area contributed by atoms with Gasteiger partial charge in [-0.3, -0.25) is 29.1 Å². The Morgan fingerprint density at radius 3 is 2.33 bits per heavy atom. The highest BCUT2D eigenvalue weighted by Crippen LogP contribution is 2.30. The number of nitrogens with zero attached hydrogens (tertiary/aromatic N) is 4. The number of imide groups is 1. The molecule has 0 bridgehead atoms. The highest BCUT2D eigenvalue weighted by molar-refractivity contribution is 7.22. The second-order valence-electron chi connectivity index (χ2n) is 9.72. The first-order valence-corrected chi connectivity index (χ1v) is 14.0. The van der Waals surface area contributed by atoms with Gasteiger partial charge >= 0.3 is 0 Å². The van der Waals surface area contributed by atoms with E-state index >= 15 is 0 Å². The molecule has 1 saturated heterocycles. The van der Waals surface area contributed by atoms with Crippen molar-refractivity contribution in [3.8, 4) is 5.75 Å². The fraction of sp³-hybridized carbons (Fsp3) is 0.310. The predicted octanol–water partition coefficient (Wildman–Crippen LogP) is 3.70. The molecule has 39 heavy (non-hydrogen) atoms. The van der Waals surface area contributed by atoms with E-state index in [-0.39, 0.29) is 24.3 Å². The van der Waals surface area contributed by atoms with Gasteiger partial charge in [-0.1, -0.05) is 35.6 Å². The van der Waals surface area contributed by atoms with Gasteiger partial charge in [-0.25, -0.2) is 4.98 Å². The van der Waals surface area contributed by atoms with E-state index in [1.807, 2.05) is 49.4 Å². The van der Waals surface area contributed by atoms with Gasteiger partial charge in [0.2, 0.25) is 5.91 Å². The number of aromatic nitrogens is 1. The summed E-state index contributed by atoms with van der Waals surface area (Å²) in [6.07, 6.45) is 0. The molecule has 3 amide bonds. The highest BCUT2D eigenvalue weighted by atomic mass is 32.1. The Morgan fingerprint density at radius 1 is 0.949 bits per heavy atom. The molecule has 0 saturated carbocycles. The average molecular weight is 544 g/mol. The summed E-state index contributed by atoms with van der Waals surface area (Å²) in [5.41, 5.74) is 2.00. The summed E-state index contributed by atoms with van der Waals surface area (Å²) < 4.78 is 6.51. The molecule has 0 spiro atoms. The summed E-state index contributed by atoms with van der Waals surface area (Å²) in [5, 5.41) is 5.16. The summed E-state index contributed by atoms with van der Waals surface area (Å²) in [4.78, 5) is 49.2. The number of piperazine rings is 1. The van der Waals surface area contributed by atoms with Crippen LogP contribution < -0.4 is 10.1 Å². The van der Waals surface area contributed by atoms with Gasteiger partial charge in [-0.05, 0) is 42.6 Å². The number of anilines is 1. The smallest absolute Gasteiger partial charge is 0.261 e. The Hall–Kier alpha value is -3.86. The zero-order valence-electron chi connectivity index (χ0n) is 21.7. The molecule has 9 nitrogen and oxygen atoms in total. The van der Waals surface area contributed by atoms with Crippen LogP contribution in [0.5, 0.6) is 5.75 Å². The second kappa shape index (κ2) is 10.7. The monoisotopic (exact) mass is 543 g/mol. The van der Waals surface area contributed by atoms with Crippen molar-refractivity contribution in [3.05, 3.63) is 65.7 Å². The van der Waals surface area contributed by atoms with E-state index in [4.69, 9.17) is 4.74 Å². The lowest BCUT2D eigenvalue weighted by atomic mass is 9.94. The summed E-state index contributed by atoms with van der Waals surface area (Å²) in [6, 6.07) is 16.9. The number of hydrogen-bond donors (Lipinski definition) is 1. The van der Waals surface area contributed by atoms with E-state index in [2.05, 4.69) is 20.1 Å². The van der Waals surface area contributed by atoms with Crippen molar-refractivity contribution in [2.24, 2.45) is 0 Å². The minimum Gasteiger partial charge on any atom is -0.494 e. The molecule has 0 unspecified atom stereocenters. The van der Waals surface area contributed by atoms with E-state index in [1.165, 1.54) is 16.2 Å². The molecule has 6 rings (SSSR count). The summed E-state index contributed by atoms with van der Waals surface area (Å²) in [5.74, 6) is 0.234. The van der Waals surface area contributed by atoms with Gasteiger partial charge in [0.15, 0.2) is 5.13 Å². The lowest BCUT2D eigenvalue weighted by molar-refractivity contribution is -0.117. The minimum absolute atomic E-state index is 0.0927. The lowest BCUT2D eigenvalue weighted by Crippen LogP contribution is -2.51. The summed E-state index contributed by atoms with van der Waals surface area (Å²) in [6.45, 7) is 6.76. The SMILES string of the molecule is CCOc1ccc2nc(NC(=O)CN3CCN(CCN4C(=O)c5cccc6cccc(c56)C4=O)CC3)sc2c1. The fourth-order valence-electron chi connectivity index (χ4n) is 5.27. The quantitative estimate of drug-likeness (QED) is 0.339. The molecule has 200 valence electrons. The van der Waals surface area contributed by atoms with E-state index in [0.29, 0.717) is 36.0 Å². The molecule has 0 radical (unpaired) electrons. The number of nitrogens with one attached hydrogen (secondary N) is 1. The van der Waals surface area contributed by atoms with Crippen LogP contribution in [0.3, 0.4) is 0 Å². The van der Waals surface area contributed by atoms with Crippen LogP contribution in [-0.2, 0) is 4.79 Å². The Labute approximate surface area is 230 Å². The average Bonchev–Trinajstić information content (AvgIpc) is 3.34. The first kappa shape index (κ1) is 25.4. The molecular weight excluding hydrogens is 514 g/mol. The normalized spacial score (nSPS) is 16.3. The molecule has 3 aromatic carbocycles. The van der Waals surface area contributed by atoms with Crippen LogP contribution in [-0.4, -0.2) is 89.8 Å². The van der Waals surface area contributed by atoms with Crippen molar-refractivity contribution in [1.82, 2.24) is 19.7 Å². The van der Waals surface area contributed by atoms with Gasteiger partial charge in [0.25, 0.3) is 11.8 Å². The van der Waals surface area contributed by atoms with E-state index < -0.39 is 0 Å². The zero-order chi connectivity index (χ0) is 26.9. The maximum atomic E-state index is 13.1. The van der Waals surface area contributed by atoms with Crippen molar-refractivity contribution in [3.63, 3.8) is 0 Å². The maximum absolute atomic E-state index is 13.1. The van der Waals surface area contributed by atoms with Crippen molar-refractivity contribution < 1.29 is 19.1 Å². The zero-order valence-corrected chi connectivity index (χ0v) is 22.5. The van der Waals surface area contributed by atoms with Crippen molar-refractivity contribution in [2.75, 3.05) is 57.7 Å². The maximum Gasteiger partial charge on any atom is 0.261 e. The molecular formula is C29H29N5O4S. The number of hydrogen-bond acceptors (Lipinski definition) is 8. The highest BCUT2D eigenvalue weighted by Gasteiger charge is 2.33. The van der Waals surface area contributed by atoms with Gasteiger partial charge < -0.3 is 10.1 Å². The molecule has 4 aromatic rings. The number of rotatable bonds is 8. The Morgan fingerprint density at radius 2 is 1.64 bits per heavy atom. The van der Waals surface area contributed by atoms with E-state index in [1.54, 1.807) is 12.1 Å². The van der Waals surface area contributed by atoms with Crippen LogP contribution in [0.4, 0.5) is 5.13 Å². The molecule has 1 aromatic heterocycles. The number of fused-ring (bicyclic) bond motifs is 1. The van der Waals surface area contributed by atoms with Crippen molar-refractivity contribution >= 4 is 55.2 Å². The molecule has 1 N–H and O–H groups in total. The minimum atomic E-state index is -0.233. The lowest BCUT2D eigenvalue weighted by Gasteiger charge is -2.35. The van der Waals surface area contributed by atoms with Crippen molar-refractivity contribution in [2.45, 2.75) is 6.92 Å². The van der Waals surface area contributed by atoms with Crippen LogP contribution in [0.25, 0.3) is 21.0 Å². The number of amides is 3. The number of benzene rings is 3. The van der Waals surface area contributed by atoms with Gasteiger partial charge in [0.05, 0.1) is 23.4 Å². The second-order valence-corrected chi connectivity index (χ2v) is 10.7. The van der Waals surface area contributed by atoms with Gasteiger partial charge in [0.1, 0.15) is 5.75 Å².